The Morgan fingerprint density at radius 1 is 0.692 bits per heavy atom. The largest absolute Gasteiger partial charge is 0.0533 e. The third-order valence-electron chi connectivity index (χ3n) is 1.84. The van der Waals surface area contributed by atoms with Crippen molar-refractivity contribution in [3.8, 4) is 0 Å². The van der Waals surface area contributed by atoms with Gasteiger partial charge >= 0.3 is 0 Å². The van der Waals surface area contributed by atoms with Gasteiger partial charge in [0.2, 0.25) is 0 Å². The molecule has 0 aliphatic carbocycles. The zero-order valence-corrected chi connectivity index (χ0v) is 13.0. The Morgan fingerprint density at radius 2 is 1.31 bits per heavy atom. The van der Waals surface area contributed by atoms with E-state index in [0.29, 0.717) is 0 Å². The Labute approximate surface area is 118 Å². The summed E-state index contributed by atoms with van der Waals surface area (Å²) in [5.74, 6) is 0. The van der Waals surface area contributed by atoms with Crippen LogP contribution in [0.2, 0.25) is 0 Å². The highest BCUT2D eigenvalue weighted by Crippen LogP contribution is 2.24. The molecule has 2 rings (SSSR count). The monoisotopic (exact) mass is 506 g/mol. The number of benzene rings is 2. The third kappa shape index (κ3) is 2.28. The van der Waals surface area contributed by atoms with Crippen molar-refractivity contribution in [3.63, 3.8) is 0 Å². The molecule has 0 heterocycles. The minimum atomic E-state index is 1.29. The first-order chi connectivity index (χ1) is 6.16. The Bertz CT molecular complexity index is 463. The van der Waals surface area contributed by atoms with Crippen LogP contribution in [0.1, 0.15) is 0 Å². The van der Waals surface area contributed by atoms with Crippen molar-refractivity contribution in [1.29, 1.82) is 0 Å². The maximum absolute atomic E-state index is 2.37. The zero-order chi connectivity index (χ0) is 9.42. The molecule has 0 spiro atoms. The SMILES string of the molecule is Ic1ccc2cc(I)c(I)cc2c1. The Kier molecular flexibility index (Phi) is 3.34. The van der Waals surface area contributed by atoms with Crippen molar-refractivity contribution < 1.29 is 0 Å². The van der Waals surface area contributed by atoms with Crippen molar-refractivity contribution in [1.82, 2.24) is 0 Å². The smallest absolute Gasteiger partial charge is 0.0270 e. The molecule has 2 aromatic rings. The van der Waals surface area contributed by atoms with Gasteiger partial charge in [0.25, 0.3) is 0 Å². The Balaban J connectivity index is 2.81. The second kappa shape index (κ2) is 4.18. The minimum Gasteiger partial charge on any atom is -0.0533 e. The number of fused-ring (bicyclic) bond motifs is 1. The fourth-order valence-corrected chi connectivity index (χ4v) is 2.71. The van der Waals surface area contributed by atoms with Gasteiger partial charge in [-0.1, -0.05) is 6.07 Å². The lowest BCUT2D eigenvalue weighted by Gasteiger charge is -2.01. The highest BCUT2D eigenvalue weighted by molar-refractivity contribution is 14.1. The van der Waals surface area contributed by atoms with Gasteiger partial charge in [0, 0.05) is 10.7 Å². The predicted octanol–water partition coefficient (Wildman–Crippen LogP) is 4.65. The van der Waals surface area contributed by atoms with E-state index < -0.39 is 0 Å². The second-order valence-corrected chi connectivity index (χ2v) is 6.33. The molecule has 0 saturated carbocycles. The average molecular weight is 506 g/mol. The molecule has 0 aliphatic heterocycles. The topological polar surface area (TPSA) is 0 Å². The van der Waals surface area contributed by atoms with Crippen LogP contribution in [0, 0.1) is 10.7 Å². The first kappa shape index (κ1) is 10.4. The summed E-state index contributed by atoms with van der Waals surface area (Å²) in [6, 6.07) is 11.0. The number of rotatable bonds is 0. The van der Waals surface area contributed by atoms with E-state index in [2.05, 4.69) is 98.1 Å². The molecule has 66 valence electrons. The van der Waals surface area contributed by atoms with E-state index in [-0.39, 0.29) is 0 Å². The maximum atomic E-state index is 2.37. The van der Waals surface area contributed by atoms with Crippen LogP contribution in [0.25, 0.3) is 10.8 Å². The molecule has 0 fully saturated rings. The number of hydrogen-bond acceptors (Lipinski definition) is 0. The lowest BCUT2D eigenvalue weighted by molar-refractivity contribution is 1.62. The van der Waals surface area contributed by atoms with Crippen LogP contribution in [0.5, 0.6) is 0 Å². The summed E-state index contributed by atoms with van der Waals surface area (Å²) >= 11 is 7.09. The summed E-state index contributed by atoms with van der Waals surface area (Å²) in [7, 11) is 0. The fourth-order valence-electron chi connectivity index (χ4n) is 1.21. The first-order valence-electron chi connectivity index (χ1n) is 3.71. The van der Waals surface area contributed by atoms with Gasteiger partial charge < -0.3 is 0 Å². The van der Waals surface area contributed by atoms with Gasteiger partial charge in [0.15, 0.2) is 0 Å². The molecular formula is C10H5I3. The van der Waals surface area contributed by atoms with E-state index in [1.807, 2.05) is 0 Å². The predicted molar refractivity (Wildman–Crippen MR) is 82.1 cm³/mol. The molecule has 0 aromatic heterocycles. The zero-order valence-electron chi connectivity index (χ0n) is 6.52. The molecule has 0 amide bonds. The molecule has 13 heavy (non-hydrogen) atoms. The van der Waals surface area contributed by atoms with Crippen LogP contribution in [0.15, 0.2) is 30.3 Å². The van der Waals surface area contributed by atoms with Gasteiger partial charge in [0.1, 0.15) is 0 Å². The van der Waals surface area contributed by atoms with E-state index in [9.17, 15) is 0 Å². The molecule has 0 N–H and O–H groups in total. The van der Waals surface area contributed by atoms with Crippen molar-refractivity contribution in [3.05, 3.63) is 41.0 Å². The quantitative estimate of drug-likeness (QED) is 0.457. The third-order valence-corrected chi connectivity index (χ3v) is 5.33. The van der Waals surface area contributed by atoms with Gasteiger partial charge in [-0.3, -0.25) is 0 Å². The van der Waals surface area contributed by atoms with E-state index in [4.69, 9.17) is 0 Å². The second-order valence-electron chi connectivity index (χ2n) is 2.76. The first-order valence-corrected chi connectivity index (χ1v) is 6.95. The van der Waals surface area contributed by atoms with Crippen LogP contribution in [0.3, 0.4) is 0 Å². The highest BCUT2D eigenvalue weighted by atomic mass is 127. The molecule has 0 bridgehead atoms. The maximum Gasteiger partial charge on any atom is 0.0270 e. The summed E-state index contributed by atoms with van der Waals surface area (Å²) < 4.78 is 3.95. The molecule has 0 atom stereocenters. The summed E-state index contributed by atoms with van der Waals surface area (Å²) in [5, 5.41) is 2.65. The molecule has 0 unspecified atom stereocenters. The van der Waals surface area contributed by atoms with Gasteiger partial charge in [-0.25, -0.2) is 0 Å². The molecule has 0 saturated heterocycles. The standard InChI is InChI=1S/C10H5I3/c11-8-2-1-6-4-9(12)10(13)5-7(6)3-8/h1-5H. The van der Waals surface area contributed by atoms with Crippen LogP contribution in [-0.2, 0) is 0 Å². The number of hydrogen-bond donors (Lipinski definition) is 0. The van der Waals surface area contributed by atoms with Crippen molar-refractivity contribution in [2.24, 2.45) is 0 Å². The van der Waals surface area contributed by atoms with Crippen molar-refractivity contribution in [2.45, 2.75) is 0 Å². The molecule has 0 aliphatic rings. The Hall–Kier alpha value is 0.890. The van der Waals surface area contributed by atoms with Gasteiger partial charge in [0.05, 0.1) is 0 Å². The molecule has 3 heteroatoms. The van der Waals surface area contributed by atoms with E-state index >= 15 is 0 Å². The van der Waals surface area contributed by atoms with E-state index in [1.54, 1.807) is 0 Å². The van der Waals surface area contributed by atoms with Crippen molar-refractivity contribution >= 4 is 78.5 Å². The molecule has 2 aromatic carbocycles. The lowest BCUT2D eigenvalue weighted by Crippen LogP contribution is -1.81. The summed E-state index contributed by atoms with van der Waals surface area (Å²) in [5.41, 5.74) is 0. The summed E-state index contributed by atoms with van der Waals surface area (Å²) in [6.07, 6.45) is 0. The average Bonchev–Trinajstić information content (AvgIpc) is 2.08. The van der Waals surface area contributed by atoms with Crippen LogP contribution >= 0.6 is 67.8 Å². The fraction of sp³-hybridized carbons (Fsp3) is 0. The normalized spacial score (nSPS) is 10.7. The van der Waals surface area contributed by atoms with E-state index in [0.717, 1.165) is 0 Å². The molecular weight excluding hydrogens is 501 g/mol. The lowest BCUT2D eigenvalue weighted by atomic mass is 10.1. The molecule has 0 nitrogen and oxygen atoms in total. The Morgan fingerprint density at radius 3 is 2.00 bits per heavy atom. The van der Waals surface area contributed by atoms with Gasteiger partial charge in [-0.05, 0) is 103 Å². The summed E-state index contributed by atoms with van der Waals surface area (Å²) in [4.78, 5) is 0. The van der Waals surface area contributed by atoms with Crippen LogP contribution in [0.4, 0.5) is 0 Å². The van der Waals surface area contributed by atoms with E-state index in [1.165, 1.54) is 21.5 Å². The van der Waals surface area contributed by atoms with Crippen LogP contribution in [-0.4, -0.2) is 0 Å². The van der Waals surface area contributed by atoms with Crippen LogP contribution < -0.4 is 0 Å². The van der Waals surface area contributed by atoms with Gasteiger partial charge in [-0.15, -0.1) is 0 Å². The van der Waals surface area contributed by atoms with Gasteiger partial charge in [-0.2, -0.15) is 0 Å². The highest BCUT2D eigenvalue weighted by Gasteiger charge is 1.99. The summed E-state index contributed by atoms with van der Waals surface area (Å²) in [6.45, 7) is 0. The minimum absolute atomic E-state index is 1.29. The molecule has 0 radical (unpaired) electrons. The number of halogens is 3. The van der Waals surface area contributed by atoms with Crippen molar-refractivity contribution in [2.75, 3.05) is 0 Å².